The minimum absolute atomic E-state index is 0.253. The molecule has 0 aliphatic carbocycles. The predicted octanol–water partition coefficient (Wildman–Crippen LogP) is 2.26. The van der Waals surface area contributed by atoms with E-state index in [1.807, 2.05) is 22.6 Å². The van der Waals surface area contributed by atoms with Crippen molar-refractivity contribution in [3.05, 3.63) is 33.7 Å². The van der Waals surface area contributed by atoms with Gasteiger partial charge < -0.3 is 5.43 Å². The topological polar surface area (TPSA) is 50.9 Å². The number of nitrogens with zero attached hydrogens (tertiary/aromatic N) is 1. The highest BCUT2D eigenvalue weighted by molar-refractivity contribution is 14.1. The highest BCUT2D eigenvalue weighted by Gasteiger charge is 2.03. The number of nitrogens with one attached hydrogen (secondary N) is 1. The van der Waals surface area contributed by atoms with E-state index >= 15 is 0 Å². The predicted molar refractivity (Wildman–Crippen MR) is 62.2 cm³/mol. The van der Waals surface area contributed by atoms with Crippen molar-refractivity contribution < 1.29 is 4.39 Å². The molecule has 14 heavy (non-hydrogen) atoms. The largest absolute Gasteiger partial charge is 0.308 e. The van der Waals surface area contributed by atoms with Crippen molar-refractivity contribution in [1.29, 1.82) is 0 Å². The van der Waals surface area contributed by atoms with Crippen LogP contribution < -0.4 is 11.3 Å². The Kier molecular flexibility index (Phi) is 2.51. The van der Waals surface area contributed by atoms with Crippen LogP contribution >= 0.6 is 22.6 Å². The Bertz CT molecular complexity index is 487. The zero-order valence-electron chi connectivity index (χ0n) is 7.09. The molecule has 2 aromatic rings. The Morgan fingerprint density at radius 1 is 1.36 bits per heavy atom. The number of pyridine rings is 1. The Morgan fingerprint density at radius 3 is 2.86 bits per heavy atom. The molecule has 72 valence electrons. The molecule has 0 saturated heterocycles. The highest BCUT2D eigenvalue weighted by Crippen LogP contribution is 2.21. The van der Waals surface area contributed by atoms with E-state index in [1.54, 1.807) is 12.1 Å². The molecule has 3 N–H and O–H groups in total. The van der Waals surface area contributed by atoms with Crippen LogP contribution in [0.25, 0.3) is 10.9 Å². The lowest BCUT2D eigenvalue weighted by Gasteiger charge is -2.03. The lowest BCUT2D eigenvalue weighted by molar-refractivity contribution is 0.628. The van der Waals surface area contributed by atoms with Gasteiger partial charge in [-0.3, -0.25) is 0 Å². The number of hydrazine groups is 1. The molecule has 1 aromatic heterocycles. The second-order valence-electron chi connectivity index (χ2n) is 2.80. The molecule has 0 radical (unpaired) electrons. The number of hydrogen-bond donors (Lipinski definition) is 2. The van der Waals surface area contributed by atoms with Crippen LogP contribution in [0.3, 0.4) is 0 Å². The highest BCUT2D eigenvalue weighted by atomic mass is 127. The minimum atomic E-state index is -0.253. The average Bonchev–Trinajstić information content (AvgIpc) is 2.17. The van der Waals surface area contributed by atoms with Crippen molar-refractivity contribution >= 4 is 39.3 Å². The summed E-state index contributed by atoms with van der Waals surface area (Å²) >= 11 is 2.05. The fourth-order valence-corrected chi connectivity index (χ4v) is 1.97. The van der Waals surface area contributed by atoms with Gasteiger partial charge in [-0.05, 0) is 46.9 Å². The SMILES string of the molecule is NNc1ccc2cc(F)cc(I)c2n1. The molecule has 2 rings (SSSR count). The summed E-state index contributed by atoms with van der Waals surface area (Å²) in [6, 6.07) is 6.38. The van der Waals surface area contributed by atoms with Crippen molar-refractivity contribution in [2.24, 2.45) is 5.84 Å². The molecular weight excluding hydrogens is 296 g/mol. The third-order valence-electron chi connectivity index (χ3n) is 1.86. The second kappa shape index (κ2) is 3.66. The first-order chi connectivity index (χ1) is 6.70. The van der Waals surface area contributed by atoms with Gasteiger partial charge in [0, 0.05) is 8.96 Å². The van der Waals surface area contributed by atoms with Gasteiger partial charge >= 0.3 is 0 Å². The first-order valence-corrected chi connectivity index (χ1v) is 5.01. The van der Waals surface area contributed by atoms with Gasteiger partial charge in [0.1, 0.15) is 11.6 Å². The van der Waals surface area contributed by atoms with E-state index in [0.29, 0.717) is 5.82 Å². The van der Waals surface area contributed by atoms with Crippen molar-refractivity contribution in [2.45, 2.75) is 0 Å². The molecule has 0 aliphatic heterocycles. The van der Waals surface area contributed by atoms with E-state index in [9.17, 15) is 4.39 Å². The molecule has 0 unspecified atom stereocenters. The number of anilines is 1. The van der Waals surface area contributed by atoms with Crippen LogP contribution in [0.15, 0.2) is 24.3 Å². The van der Waals surface area contributed by atoms with Crippen molar-refractivity contribution in [3.63, 3.8) is 0 Å². The summed E-state index contributed by atoms with van der Waals surface area (Å²) in [7, 11) is 0. The first-order valence-electron chi connectivity index (χ1n) is 3.93. The van der Waals surface area contributed by atoms with Crippen molar-refractivity contribution in [2.75, 3.05) is 5.43 Å². The Labute approximate surface area is 93.6 Å². The molecule has 0 spiro atoms. The third kappa shape index (κ3) is 1.64. The van der Waals surface area contributed by atoms with Crippen LogP contribution in [0.4, 0.5) is 10.2 Å². The van der Waals surface area contributed by atoms with Crippen LogP contribution in [0, 0.1) is 9.39 Å². The quantitative estimate of drug-likeness (QED) is 0.483. The fraction of sp³-hybridized carbons (Fsp3) is 0. The summed E-state index contributed by atoms with van der Waals surface area (Å²) in [5.41, 5.74) is 3.21. The normalized spacial score (nSPS) is 10.5. The van der Waals surface area contributed by atoms with Crippen LogP contribution in [-0.4, -0.2) is 4.98 Å². The summed E-state index contributed by atoms with van der Waals surface area (Å²) in [5.74, 6) is 5.55. The maximum atomic E-state index is 13.0. The molecule has 0 aliphatic rings. The molecule has 0 amide bonds. The van der Waals surface area contributed by atoms with Gasteiger partial charge in [-0.15, -0.1) is 0 Å². The van der Waals surface area contributed by atoms with E-state index in [0.717, 1.165) is 14.5 Å². The molecule has 0 fully saturated rings. The van der Waals surface area contributed by atoms with E-state index in [1.165, 1.54) is 12.1 Å². The number of benzene rings is 1. The van der Waals surface area contributed by atoms with E-state index in [2.05, 4.69) is 10.4 Å². The van der Waals surface area contributed by atoms with Crippen LogP contribution in [0.2, 0.25) is 0 Å². The van der Waals surface area contributed by atoms with Gasteiger partial charge in [-0.2, -0.15) is 0 Å². The summed E-state index contributed by atoms with van der Waals surface area (Å²) in [6.07, 6.45) is 0. The smallest absolute Gasteiger partial charge is 0.140 e. The van der Waals surface area contributed by atoms with Gasteiger partial charge in [0.25, 0.3) is 0 Å². The van der Waals surface area contributed by atoms with Crippen LogP contribution in [0.5, 0.6) is 0 Å². The maximum absolute atomic E-state index is 13.0. The molecule has 0 atom stereocenters. The number of aromatic nitrogens is 1. The first kappa shape index (κ1) is 9.60. The van der Waals surface area contributed by atoms with E-state index in [4.69, 9.17) is 5.84 Å². The van der Waals surface area contributed by atoms with Crippen molar-refractivity contribution in [1.82, 2.24) is 4.98 Å². The summed E-state index contributed by atoms with van der Waals surface area (Å²) in [5, 5.41) is 0.772. The standard InChI is InChI=1S/C9H7FIN3/c10-6-3-5-1-2-8(14-12)13-9(5)7(11)4-6/h1-4H,12H2,(H,13,14). The molecule has 1 aromatic carbocycles. The fourth-order valence-electron chi connectivity index (χ4n) is 1.24. The molecule has 1 heterocycles. The monoisotopic (exact) mass is 303 g/mol. The Morgan fingerprint density at radius 2 is 2.14 bits per heavy atom. The van der Waals surface area contributed by atoms with Crippen molar-refractivity contribution in [3.8, 4) is 0 Å². The number of rotatable bonds is 1. The van der Waals surface area contributed by atoms with Gasteiger partial charge in [0.2, 0.25) is 0 Å². The lowest BCUT2D eigenvalue weighted by Crippen LogP contribution is -2.08. The number of nitrogens with two attached hydrogens (primary N) is 1. The van der Waals surface area contributed by atoms with E-state index in [-0.39, 0.29) is 5.82 Å². The van der Waals surface area contributed by atoms with Crippen LogP contribution in [0.1, 0.15) is 0 Å². The van der Waals surface area contributed by atoms with Crippen LogP contribution in [-0.2, 0) is 0 Å². The second-order valence-corrected chi connectivity index (χ2v) is 3.96. The summed E-state index contributed by atoms with van der Waals surface area (Å²) in [4.78, 5) is 4.22. The molecular formula is C9H7FIN3. The number of hydrogen-bond acceptors (Lipinski definition) is 3. The number of fused-ring (bicyclic) bond motifs is 1. The van der Waals surface area contributed by atoms with Gasteiger partial charge in [-0.1, -0.05) is 0 Å². The third-order valence-corrected chi connectivity index (χ3v) is 2.68. The summed E-state index contributed by atoms with van der Waals surface area (Å²) < 4.78 is 13.8. The van der Waals surface area contributed by atoms with Gasteiger partial charge in [0.05, 0.1) is 5.52 Å². The van der Waals surface area contributed by atoms with Gasteiger partial charge in [0.15, 0.2) is 0 Å². The molecule has 0 saturated carbocycles. The minimum Gasteiger partial charge on any atom is -0.308 e. The number of nitrogen functional groups attached to an aromatic ring is 1. The van der Waals surface area contributed by atoms with E-state index < -0.39 is 0 Å². The maximum Gasteiger partial charge on any atom is 0.140 e. The molecule has 5 heteroatoms. The number of halogens is 2. The zero-order valence-corrected chi connectivity index (χ0v) is 9.25. The summed E-state index contributed by atoms with van der Waals surface area (Å²) in [6.45, 7) is 0. The molecule has 0 bridgehead atoms. The Balaban J connectivity index is 2.75. The molecule has 3 nitrogen and oxygen atoms in total. The lowest BCUT2D eigenvalue weighted by atomic mass is 10.2. The average molecular weight is 303 g/mol. The zero-order chi connectivity index (χ0) is 10.1. The Hall–Kier alpha value is -0.950. The van der Waals surface area contributed by atoms with Gasteiger partial charge in [-0.25, -0.2) is 15.2 Å².